The number of thiazole rings is 1. The zero-order valence-electron chi connectivity index (χ0n) is 23.5. The predicted octanol–water partition coefficient (Wildman–Crippen LogP) is 6.29. The van der Waals surface area contributed by atoms with E-state index in [9.17, 15) is 14.7 Å². The van der Waals surface area contributed by atoms with Crippen LogP contribution in [0.15, 0.2) is 41.4 Å². The third kappa shape index (κ3) is 7.65. The van der Waals surface area contributed by atoms with Gasteiger partial charge in [-0.3, -0.25) is 9.59 Å². The van der Waals surface area contributed by atoms with Gasteiger partial charge in [-0.2, -0.15) is 0 Å². The number of benzene rings is 1. The van der Waals surface area contributed by atoms with Gasteiger partial charge in [-0.25, -0.2) is 4.98 Å². The molecule has 0 bridgehead atoms. The van der Waals surface area contributed by atoms with Crippen LogP contribution in [0, 0.1) is 5.92 Å². The van der Waals surface area contributed by atoms with Crippen LogP contribution in [0.2, 0.25) is 0 Å². The Morgan fingerprint density at radius 2 is 1.92 bits per heavy atom. The van der Waals surface area contributed by atoms with E-state index < -0.39 is 24.0 Å². The van der Waals surface area contributed by atoms with Gasteiger partial charge >= 0.3 is 5.97 Å². The van der Waals surface area contributed by atoms with Crippen LogP contribution in [0.4, 0.5) is 0 Å². The maximum atomic E-state index is 14.1. The number of methoxy groups -OCH3 is 1. The minimum Gasteiger partial charge on any atom is -0.496 e. The number of carboxylic acid groups (broad SMARTS) is 1. The van der Waals surface area contributed by atoms with Gasteiger partial charge in [0.15, 0.2) is 0 Å². The maximum Gasteiger partial charge on any atom is 0.323 e. The second kappa shape index (κ2) is 13.2. The molecule has 1 atom stereocenters. The highest BCUT2D eigenvalue weighted by Gasteiger charge is 2.44. The molecule has 0 aliphatic carbocycles. The van der Waals surface area contributed by atoms with E-state index in [1.807, 2.05) is 25.3 Å². The summed E-state index contributed by atoms with van der Waals surface area (Å²) in [6.45, 7) is 14.6. The van der Waals surface area contributed by atoms with E-state index in [2.05, 4.69) is 45.7 Å². The second-order valence-electron chi connectivity index (χ2n) is 10.7. The Morgan fingerprint density at radius 1 is 1.22 bits per heavy atom. The first-order valence-electron chi connectivity index (χ1n) is 12.8. The summed E-state index contributed by atoms with van der Waals surface area (Å²) in [4.78, 5) is 32.2. The molecule has 7 nitrogen and oxygen atoms in total. The number of carboxylic acids is 1. The molecule has 1 aromatic heterocycles. The number of nitrogens with zero attached hydrogens (tertiary/aromatic N) is 2. The Labute approximate surface area is 225 Å². The van der Waals surface area contributed by atoms with Gasteiger partial charge < -0.3 is 19.5 Å². The molecule has 0 spiro atoms. The number of carbonyl (C=O) groups excluding carboxylic acids is 1. The molecule has 1 N–H and O–H groups in total. The van der Waals surface area contributed by atoms with E-state index in [0.717, 1.165) is 24.0 Å². The van der Waals surface area contributed by atoms with Crippen molar-refractivity contribution in [1.82, 2.24) is 9.88 Å². The molecule has 1 amide bonds. The summed E-state index contributed by atoms with van der Waals surface area (Å²) < 4.78 is 11.5. The third-order valence-electron chi connectivity index (χ3n) is 6.41. The van der Waals surface area contributed by atoms with Crippen molar-refractivity contribution in [1.29, 1.82) is 0 Å². The van der Waals surface area contributed by atoms with E-state index in [-0.39, 0.29) is 12.0 Å². The molecule has 8 heteroatoms. The largest absolute Gasteiger partial charge is 0.496 e. The van der Waals surface area contributed by atoms with Crippen molar-refractivity contribution < 1.29 is 24.2 Å². The number of allylic oxidation sites excluding steroid dienone is 1. The van der Waals surface area contributed by atoms with Gasteiger partial charge in [-0.1, -0.05) is 46.8 Å². The SMILES string of the molecule is CCOC/C(=C/CCC(C)C)[C@@](C)(c1nccs1)N(CC(=O)O)C(=O)c1ccc(C(C)(C)C)c(OC)c1. The number of aromatic nitrogens is 1. The summed E-state index contributed by atoms with van der Waals surface area (Å²) in [5, 5.41) is 12.4. The van der Waals surface area contributed by atoms with Gasteiger partial charge in [0.1, 0.15) is 22.8 Å². The molecular weight excluding hydrogens is 488 g/mol. The lowest BCUT2D eigenvalue weighted by atomic mass is 9.85. The Morgan fingerprint density at radius 3 is 2.43 bits per heavy atom. The predicted molar refractivity (Wildman–Crippen MR) is 148 cm³/mol. The minimum absolute atomic E-state index is 0.188. The first-order valence-corrected chi connectivity index (χ1v) is 13.6. The van der Waals surface area contributed by atoms with Gasteiger partial charge in [0, 0.05) is 23.7 Å². The highest BCUT2D eigenvalue weighted by molar-refractivity contribution is 7.09. The van der Waals surface area contributed by atoms with Gasteiger partial charge in [-0.15, -0.1) is 11.3 Å². The molecule has 0 saturated heterocycles. The van der Waals surface area contributed by atoms with Crippen LogP contribution in [0.1, 0.15) is 82.2 Å². The zero-order chi connectivity index (χ0) is 27.8. The number of carbonyl (C=O) groups is 2. The summed E-state index contributed by atoms with van der Waals surface area (Å²) in [6, 6.07) is 5.32. The Hall–Kier alpha value is -2.71. The lowest BCUT2D eigenvalue weighted by Crippen LogP contribution is -2.52. The number of aliphatic carboxylic acids is 1. The summed E-state index contributed by atoms with van der Waals surface area (Å²) in [6.07, 6.45) is 5.50. The third-order valence-corrected chi connectivity index (χ3v) is 7.39. The van der Waals surface area contributed by atoms with Crippen molar-refractivity contribution in [3.05, 3.63) is 57.6 Å². The van der Waals surface area contributed by atoms with Gasteiger partial charge in [0.05, 0.1) is 13.7 Å². The molecule has 0 fully saturated rings. The molecule has 2 aromatic rings. The van der Waals surface area contributed by atoms with Crippen LogP contribution in [-0.2, 0) is 20.5 Å². The Bertz CT molecular complexity index is 1070. The molecule has 0 saturated carbocycles. The fraction of sp³-hybridized carbons (Fsp3) is 0.552. The average molecular weight is 531 g/mol. The van der Waals surface area contributed by atoms with Crippen molar-refractivity contribution in [2.45, 2.75) is 72.3 Å². The maximum absolute atomic E-state index is 14.1. The molecule has 204 valence electrons. The molecular formula is C29H42N2O5S. The molecule has 37 heavy (non-hydrogen) atoms. The van der Waals surface area contributed by atoms with Crippen molar-refractivity contribution in [3.8, 4) is 5.75 Å². The quantitative estimate of drug-likeness (QED) is 0.306. The van der Waals surface area contributed by atoms with E-state index in [4.69, 9.17) is 9.47 Å². The van der Waals surface area contributed by atoms with E-state index in [1.165, 1.54) is 16.2 Å². The first-order chi connectivity index (χ1) is 17.4. The summed E-state index contributed by atoms with van der Waals surface area (Å²) in [5.41, 5.74) is 0.827. The first kappa shape index (κ1) is 30.5. The van der Waals surface area contributed by atoms with Crippen LogP contribution in [0.5, 0.6) is 5.75 Å². The van der Waals surface area contributed by atoms with Crippen molar-refractivity contribution >= 4 is 23.2 Å². The lowest BCUT2D eigenvalue weighted by molar-refractivity contribution is -0.138. The smallest absolute Gasteiger partial charge is 0.323 e. The molecule has 2 rings (SSSR count). The molecule has 1 heterocycles. The summed E-state index contributed by atoms with van der Waals surface area (Å²) >= 11 is 1.39. The topological polar surface area (TPSA) is 89.0 Å². The standard InChI is InChI=1S/C29H42N2O5S/c1-9-36-19-22(12-10-11-20(2)3)29(7,27-30-15-16-37-27)31(18-25(32)33)26(34)21-13-14-23(28(4,5)6)24(17-21)35-8/h12-17,20H,9-11,18-19H2,1-8H3,(H,32,33)/b22-12-/t29-/m0/s1. The van der Waals surface area contributed by atoms with E-state index in [0.29, 0.717) is 28.8 Å². The lowest BCUT2D eigenvalue weighted by Gasteiger charge is -2.41. The number of amides is 1. The van der Waals surface area contributed by atoms with Gasteiger partial charge in [0.2, 0.25) is 0 Å². The number of hydrogen-bond donors (Lipinski definition) is 1. The normalized spacial score (nSPS) is 13.9. The van der Waals surface area contributed by atoms with Gasteiger partial charge in [0.25, 0.3) is 5.91 Å². The van der Waals surface area contributed by atoms with E-state index >= 15 is 0 Å². The van der Waals surface area contributed by atoms with Crippen molar-refractivity contribution in [3.63, 3.8) is 0 Å². The van der Waals surface area contributed by atoms with Crippen LogP contribution in [0.3, 0.4) is 0 Å². The second-order valence-corrected chi connectivity index (χ2v) is 11.6. The highest BCUT2D eigenvalue weighted by Crippen LogP contribution is 2.40. The van der Waals surface area contributed by atoms with Crippen LogP contribution >= 0.6 is 11.3 Å². The molecule has 0 aliphatic rings. The van der Waals surface area contributed by atoms with E-state index in [1.54, 1.807) is 25.4 Å². The Kier molecular flexibility index (Phi) is 10.9. The molecule has 1 aromatic carbocycles. The van der Waals surface area contributed by atoms with Crippen molar-refractivity contribution in [2.75, 3.05) is 26.9 Å². The average Bonchev–Trinajstić information content (AvgIpc) is 3.38. The summed E-state index contributed by atoms with van der Waals surface area (Å²) in [5.74, 6) is -0.426. The fourth-order valence-corrected chi connectivity index (χ4v) is 5.10. The van der Waals surface area contributed by atoms with Crippen LogP contribution < -0.4 is 4.74 Å². The molecule has 0 aliphatic heterocycles. The summed E-state index contributed by atoms with van der Waals surface area (Å²) in [7, 11) is 1.57. The molecule has 0 radical (unpaired) electrons. The number of ether oxygens (including phenoxy) is 2. The highest BCUT2D eigenvalue weighted by atomic mass is 32.1. The minimum atomic E-state index is -1.12. The number of rotatable bonds is 13. The zero-order valence-corrected chi connectivity index (χ0v) is 24.3. The van der Waals surface area contributed by atoms with Gasteiger partial charge in [-0.05, 0) is 61.3 Å². The van der Waals surface area contributed by atoms with Crippen LogP contribution in [0.25, 0.3) is 0 Å². The Balaban J connectivity index is 2.71. The fourth-order valence-electron chi connectivity index (χ4n) is 4.26. The van der Waals surface area contributed by atoms with Crippen LogP contribution in [-0.4, -0.2) is 53.7 Å². The monoisotopic (exact) mass is 530 g/mol. The number of hydrogen-bond acceptors (Lipinski definition) is 6. The van der Waals surface area contributed by atoms with Crippen molar-refractivity contribution in [2.24, 2.45) is 5.92 Å². The molecule has 0 unspecified atom stereocenters.